The third-order valence-corrected chi connectivity index (χ3v) is 6.02. The fraction of sp³-hybridized carbons (Fsp3) is 0. The molecule has 0 spiro atoms. The van der Waals surface area contributed by atoms with Crippen LogP contribution < -0.4 is 10.9 Å². The van der Waals surface area contributed by atoms with Gasteiger partial charge in [0.2, 0.25) is 0 Å². The van der Waals surface area contributed by atoms with E-state index in [1.54, 1.807) is 60.7 Å². The van der Waals surface area contributed by atoms with E-state index in [1.165, 1.54) is 24.6 Å². The predicted molar refractivity (Wildman–Crippen MR) is 162 cm³/mol. The Hall–Kier alpha value is -3.59. The van der Waals surface area contributed by atoms with Crippen molar-refractivity contribution >= 4 is 70.6 Å². The summed E-state index contributed by atoms with van der Waals surface area (Å²) in [7, 11) is 0. The monoisotopic (exact) mass is 676 g/mol. The molecular weight excluding hydrogens is 657 g/mol. The van der Waals surface area contributed by atoms with Crippen LogP contribution in [0.2, 0.25) is 20.1 Å². The molecule has 0 saturated heterocycles. The molecule has 13 heteroatoms. The van der Waals surface area contributed by atoms with Gasteiger partial charge < -0.3 is 10.2 Å². The van der Waals surface area contributed by atoms with Crippen molar-refractivity contribution in [1.82, 2.24) is 10.9 Å². The standard InChI is InChI=1S/2C14H10Cl2N2O2.Ni/c2*15-11-6-10(13(19)12(16)7-11)8-17-18-14(20)9-4-2-1-3-5-9;/h2*1-8,19H,(H,18,20);/q;;+2/p+2. The van der Waals surface area contributed by atoms with E-state index in [9.17, 15) is 9.59 Å². The van der Waals surface area contributed by atoms with Crippen LogP contribution in [-0.2, 0) is 16.5 Å². The number of nitrogens with one attached hydrogen (secondary N) is 2. The molecule has 41 heavy (non-hydrogen) atoms. The molecule has 0 aliphatic carbocycles. The van der Waals surface area contributed by atoms with Gasteiger partial charge in [0.1, 0.15) is 10.0 Å². The second kappa shape index (κ2) is 16.6. The van der Waals surface area contributed by atoms with Crippen molar-refractivity contribution in [2.45, 2.75) is 0 Å². The molecule has 0 heterocycles. The second-order valence-electron chi connectivity index (χ2n) is 7.83. The number of halogens is 4. The molecule has 0 bridgehead atoms. The molecule has 0 atom stereocenters. The zero-order valence-electron chi connectivity index (χ0n) is 20.8. The topological polar surface area (TPSA) is 129 Å². The summed E-state index contributed by atoms with van der Waals surface area (Å²) >= 11 is 23.4. The molecule has 0 radical (unpaired) electrons. The Morgan fingerprint density at radius 2 is 0.951 bits per heavy atom. The normalized spacial score (nSPS) is 10.4. The van der Waals surface area contributed by atoms with Gasteiger partial charge in [-0.2, -0.15) is 10.2 Å². The number of carbonyl (C=O) groups is 2. The van der Waals surface area contributed by atoms with Crippen LogP contribution >= 0.6 is 46.4 Å². The van der Waals surface area contributed by atoms with Gasteiger partial charge in [-0.25, -0.2) is 10.9 Å². The van der Waals surface area contributed by atoms with Crippen molar-refractivity contribution in [3.63, 3.8) is 0 Å². The number of hydrogen-bond donors (Lipinski definition) is 2. The molecule has 0 saturated carbocycles. The molecule has 0 unspecified atom stereocenters. The van der Waals surface area contributed by atoms with Crippen molar-refractivity contribution in [2.24, 2.45) is 10.2 Å². The quantitative estimate of drug-likeness (QED) is 0.106. The minimum absolute atomic E-state index is 0. The van der Waals surface area contributed by atoms with Crippen LogP contribution in [0.1, 0.15) is 31.8 Å². The summed E-state index contributed by atoms with van der Waals surface area (Å²) in [4.78, 5) is 23.5. The van der Waals surface area contributed by atoms with Crippen molar-refractivity contribution in [1.29, 1.82) is 0 Å². The van der Waals surface area contributed by atoms with Gasteiger partial charge in [-0.1, -0.05) is 82.8 Å². The van der Waals surface area contributed by atoms with Gasteiger partial charge >= 0.3 is 16.5 Å². The molecular formula is C28H22Cl4N4NiO4+4. The SMILES string of the molecule is O=C(NN=Cc1cc(Cl)cc(Cl)c1[OH2+])c1ccccc1.O=C(NN=Cc1cc(Cl)cc(Cl)c1[OH2+])c1ccccc1.[Ni+2]. The fourth-order valence-corrected chi connectivity index (χ4v) is 4.04. The first-order chi connectivity index (χ1) is 19.2. The zero-order chi connectivity index (χ0) is 29.1. The maximum atomic E-state index is 11.7. The van der Waals surface area contributed by atoms with E-state index >= 15 is 0 Å². The summed E-state index contributed by atoms with van der Waals surface area (Å²) in [5.74, 6) is -0.453. The minimum atomic E-state index is -0.332. The van der Waals surface area contributed by atoms with Crippen molar-refractivity contribution in [3.05, 3.63) is 127 Å². The first-order valence-corrected chi connectivity index (χ1v) is 12.8. The smallest absolute Gasteiger partial charge is 0.592 e. The summed E-state index contributed by atoms with van der Waals surface area (Å²) in [6, 6.07) is 23.4. The van der Waals surface area contributed by atoms with Crippen LogP contribution in [0.4, 0.5) is 0 Å². The number of rotatable bonds is 6. The van der Waals surface area contributed by atoms with Crippen LogP contribution in [-0.4, -0.2) is 34.5 Å². The third-order valence-electron chi connectivity index (χ3n) is 4.98. The summed E-state index contributed by atoms with van der Waals surface area (Å²) in [6.07, 6.45) is 2.67. The molecule has 0 aliphatic rings. The molecule has 4 aromatic rings. The maximum absolute atomic E-state index is 11.7. The number of hydrogen-bond acceptors (Lipinski definition) is 4. The van der Waals surface area contributed by atoms with Gasteiger partial charge in [-0.3, -0.25) is 9.59 Å². The molecule has 2 amide bonds. The van der Waals surface area contributed by atoms with Gasteiger partial charge in [0.15, 0.2) is 0 Å². The van der Waals surface area contributed by atoms with Gasteiger partial charge in [-0.05, 0) is 48.5 Å². The molecule has 212 valence electrons. The fourth-order valence-electron chi connectivity index (χ4n) is 3.02. The summed E-state index contributed by atoms with van der Waals surface area (Å²) in [5.41, 5.74) is 6.60. The Labute approximate surface area is 265 Å². The van der Waals surface area contributed by atoms with Gasteiger partial charge in [0, 0.05) is 21.2 Å². The Morgan fingerprint density at radius 1 is 0.610 bits per heavy atom. The first kappa shape index (κ1) is 33.6. The van der Waals surface area contributed by atoms with E-state index in [-0.39, 0.29) is 49.9 Å². The number of carbonyl (C=O) groups excluding carboxylic acids is 2. The third kappa shape index (κ3) is 10.4. The average molecular weight is 679 g/mol. The minimum Gasteiger partial charge on any atom is -0.592 e. The van der Waals surface area contributed by atoms with Gasteiger partial charge in [-0.15, -0.1) is 0 Å². The van der Waals surface area contributed by atoms with Crippen molar-refractivity contribution in [3.8, 4) is 11.5 Å². The van der Waals surface area contributed by atoms with E-state index in [1.807, 2.05) is 12.1 Å². The largest absolute Gasteiger partial charge is 2.00 e. The van der Waals surface area contributed by atoms with E-state index in [4.69, 9.17) is 56.6 Å². The maximum Gasteiger partial charge on any atom is 2.00 e. The summed E-state index contributed by atoms with van der Waals surface area (Å²) in [5, 5.41) is 24.4. The molecule has 0 aromatic heterocycles. The molecule has 6 N–H and O–H groups in total. The molecule has 4 aromatic carbocycles. The molecule has 0 fully saturated rings. The zero-order valence-corrected chi connectivity index (χ0v) is 24.8. The summed E-state index contributed by atoms with van der Waals surface area (Å²) in [6.45, 7) is 0. The average Bonchev–Trinajstić information content (AvgIpc) is 2.95. The second-order valence-corrected chi connectivity index (χ2v) is 9.52. The molecule has 8 nitrogen and oxygen atoms in total. The van der Waals surface area contributed by atoms with E-state index in [0.717, 1.165) is 0 Å². The van der Waals surface area contributed by atoms with Gasteiger partial charge in [0.25, 0.3) is 23.3 Å². The number of amides is 2. The molecule has 0 aliphatic heterocycles. The Bertz CT molecular complexity index is 1440. The predicted octanol–water partition coefficient (Wildman–Crippen LogP) is 6.39. The van der Waals surface area contributed by atoms with Crippen LogP contribution in [0.25, 0.3) is 0 Å². The number of hydrazone groups is 2. The van der Waals surface area contributed by atoms with E-state index in [0.29, 0.717) is 32.3 Å². The molecule has 4 rings (SSSR count). The van der Waals surface area contributed by atoms with E-state index < -0.39 is 0 Å². The van der Waals surface area contributed by atoms with Crippen LogP contribution in [0.15, 0.2) is 95.1 Å². The Morgan fingerprint density at radius 3 is 1.29 bits per heavy atom. The van der Waals surface area contributed by atoms with Crippen LogP contribution in [0.3, 0.4) is 0 Å². The van der Waals surface area contributed by atoms with Crippen molar-refractivity contribution in [2.75, 3.05) is 0 Å². The van der Waals surface area contributed by atoms with Crippen LogP contribution in [0.5, 0.6) is 11.5 Å². The Kier molecular flexibility index (Phi) is 13.6. The number of benzene rings is 4. The van der Waals surface area contributed by atoms with E-state index in [2.05, 4.69) is 21.1 Å². The Balaban J connectivity index is 0.000000280. The van der Waals surface area contributed by atoms with Gasteiger partial charge in [0.05, 0.1) is 23.6 Å². The first-order valence-electron chi connectivity index (χ1n) is 11.3. The van der Waals surface area contributed by atoms with Crippen LogP contribution in [0, 0.1) is 0 Å². The van der Waals surface area contributed by atoms with Crippen molar-refractivity contribution < 1.29 is 36.3 Å². The number of nitrogens with zero attached hydrogens (tertiary/aromatic N) is 2. The summed E-state index contributed by atoms with van der Waals surface area (Å²) < 4.78 is 0.